The number of carbonyl (C=O) groups excluding carboxylic acids is 2. The maximum absolute atomic E-state index is 12.8. The van der Waals surface area contributed by atoms with Crippen molar-refractivity contribution in [3.63, 3.8) is 0 Å². The molecule has 2 N–H and O–H groups in total. The van der Waals surface area contributed by atoms with Gasteiger partial charge in [-0.05, 0) is 36.4 Å². The van der Waals surface area contributed by atoms with Crippen molar-refractivity contribution in [2.45, 2.75) is 0 Å². The molecule has 9 heteroatoms. The lowest BCUT2D eigenvalue weighted by Gasteiger charge is -2.19. The van der Waals surface area contributed by atoms with Crippen LogP contribution in [0.5, 0.6) is 11.5 Å². The summed E-state index contributed by atoms with van der Waals surface area (Å²) in [4.78, 5) is 23.9. The van der Waals surface area contributed by atoms with E-state index < -0.39 is 28.4 Å². The highest BCUT2D eigenvalue weighted by Gasteiger charge is 2.15. The molecule has 1 unspecified atom stereocenters. The van der Waals surface area contributed by atoms with Crippen molar-refractivity contribution >= 4 is 34.0 Å². The van der Waals surface area contributed by atoms with Gasteiger partial charge in [-0.2, -0.15) is 0 Å². The Labute approximate surface area is 157 Å². The summed E-state index contributed by atoms with van der Waals surface area (Å²) in [5.41, 5.74) is 0.871. The van der Waals surface area contributed by atoms with Crippen LogP contribution in [0.25, 0.3) is 0 Å². The van der Waals surface area contributed by atoms with Gasteiger partial charge >= 0.3 is 0 Å². The highest BCUT2D eigenvalue weighted by Crippen LogP contribution is 2.32. The van der Waals surface area contributed by atoms with Crippen LogP contribution in [-0.4, -0.2) is 40.7 Å². The molecule has 1 aliphatic heterocycles. The van der Waals surface area contributed by atoms with Crippen LogP contribution < -0.4 is 20.1 Å². The van der Waals surface area contributed by atoms with Crippen LogP contribution >= 0.6 is 0 Å². The largest absolute Gasteiger partial charge is 0.486 e. The third-order valence-corrected chi connectivity index (χ3v) is 4.71. The summed E-state index contributed by atoms with van der Waals surface area (Å²) in [6.07, 6.45) is 0. The molecule has 0 saturated heterocycles. The van der Waals surface area contributed by atoms with E-state index in [4.69, 9.17) is 9.47 Å². The highest BCUT2D eigenvalue weighted by atomic mass is 32.2. The molecule has 0 aliphatic carbocycles. The predicted octanol–water partition coefficient (Wildman–Crippen LogP) is 1.92. The Morgan fingerprint density at radius 1 is 0.889 bits per heavy atom. The number of fused-ring (bicyclic) bond motifs is 1. The maximum Gasteiger partial charge on any atom is 0.237 e. The van der Waals surface area contributed by atoms with Crippen molar-refractivity contribution < 1.29 is 27.7 Å². The molecule has 0 bridgehead atoms. The van der Waals surface area contributed by atoms with Crippen LogP contribution in [0.4, 0.5) is 15.8 Å². The average molecular weight is 392 g/mol. The molecule has 0 spiro atoms. The fraction of sp³-hybridized carbons (Fsp3) is 0.222. The Kier molecular flexibility index (Phi) is 6.02. The third-order valence-electron chi connectivity index (χ3n) is 3.54. The first kappa shape index (κ1) is 18.8. The molecule has 0 saturated carbocycles. The number of hydrogen-bond donors (Lipinski definition) is 2. The topological polar surface area (TPSA) is 93.7 Å². The van der Waals surface area contributed by atoms with E-state index in [0.717, 1.165) is 0 Å². The molecule has 142 valence electrons. The van der Waals surface area contributed by atoms with Gasteiger partial charge < -0.3 is 20.1 Å². The summed E-state index contributed by atoms with van der Waals surface area (Å²) in [5, 5.41) is 5.11. The molecule has 7 nitrogen and oxygen atoms in total. The summed E-state index contributed by atoms with van der Waals surface area (Å²) < 4.78 is 35.7. The van der Waals surface area contributed by atoms with E-state index in [1.165, 1.54) is 24.3 Å². The fourth-order valence-electron chi connectivity index (χ4n) is 2.39. The molecule has 0 aromatic heterocycles. The summed E-state index contributed by atoms with van der Waals surface area (Å²) in [5.74, 6) is -0.977. The number of nitrogens with one attached hydrogen (secondary N) is 2. The van der Waals surface area contributed by atoms with Crippen molar-refractivity contribution in [3.05, 3.63) is 48.3 Å². The monoisotopic (exact) mass is 392 g/mol. The fourth-order valence-corrected chi connectivity index (χ4v) is 3.22. The molecule has 2 aromatic carbocycles. The second kappa shape index (κ2) is 8.63. The zero-order chi connectivity index (χ0) is 19.2. The van der Waals surface area contributed by atoms with Crippen LogP contribution in [0.2, 0.25) is 0 Å². The first-order valence-corrected chi connectivity index (χ1v) is 9.58. The van der Waals surface area contributed by atoms with Gasteiger partial charge in [-0.1, -0.05) is 0 Å². The van der Waals surface area contributed by atoms with E-state index in [2.05, 4.69) is 10.6 Å². The number of hydrogen-bond acceptors (Lipinski definition) is 5. The quantitative estimate of drug-likeness (QED) is 0.784. The Hall–Kier alpha value is -2.94. The zero-order valence-electron chi connectivity index (χ0n) is 14.2. The Morgan fingerprint density at radius 2 is 1.44 bits per heavy atom. The Balaban J connectivity index is 1.48. The SMILES string of the molecule is O=C(CS(=O)CC(=O)Nc1ccc2c(c1)OCCO2)Nc1ccc(F)cc1. The number of carbonyl (C=O) groups is 2. The van der Waals surface area contributed by atoms with Gasteiger partial charge in [0.15, 0.2) is 11.5 Å². The molecule has 2 aromatic rings. The standard InChI is InChI=1S/C18H17FN2O5S/c19-12-1-3-13(4-2-12)20-17(22)10-27(24)11-18(23)21-14-5-6-15-16(9-14)26-8-7-25-15/h1-6,9H,7-8,10-11H2,(H,20,22)(H,21,23). The average Bonchev–Trinajstić information content (AvgIpc) is 2.63. The van der Waals surface area contributed by atoms with Crippen molar-refractivity contribution in [3.8, 4) is 11.5 Å². The normalized spacial score (nSPS) is 13.5. The summed E-state index contributed by atoms with van der Waals surface area (Å²) in [6, 6.07) is 10.1. The maximum atomic E-state index is 12.8. The van der Waals surface area contributed by atoms with E-state index in [0.29, 0.717) is 36.1 Å². The lowest BCUT2D eigenvalue weighted by atomic mass is 10.2. The van der Waals surface area contributed by atoms with Crippen molar-refractivity contribution in [1.29, 1.82) is 0 Å². The van der Waals surface area contributed by atoms with Crippen LogP contribution in [0, 0.1) is 5.82 Å². The van der Waals surface area contributed by atoms with Gasteiger partial charge in [-0.15, -0.1) is 0 Å². The predicted molar refractivity (Wildman–Crippen MR) is 99.0 cm³/mol. The van der Waals surface area contributed by atoms with Crippen LogP contribution in [-0.2, 0) is 20.4 Å². The summed E-state index contributed by atoms with van der Waals surface area (Å²) in [7, 11) is -1.69. The minimum atomic E-state index is -1.69. The highest BCUT2D eigenvalue weighted by molar-refractivity contribution is 7.86. The number of halogens is 1. The summed E-state index contributed by atoms with van der Waals surface area (Å²) in [6.45, 7) is 0.898. The van der Waals surface area contributed by atoms with E-state index in [9.17, 15) is 18.2 Å². The van der Waals surface area contributed by atoms with Crippen molar-refractivity contribution in [2.24, 2.45) is 0 Å². The van der Waals surface area contributed by atoms with Gasteiger partial charge in [0, 0.05) is 28.2 Å². The van der Waals surface area contributed by atoms with E-state index in [1.807, 2.05) is 0 Å². The van der Waals surface area contributed by atoms with Gasteiger partial charge in [-0.25, -0.2) is 4.39 Å². The second-order valence-electron chi connectivity index (χ2n) is 5.69. The van der Waals surface area contributed by atoms with Crippen LogP contribution in [0.15, 0.2) is 42.5 Å². The molecular weight excluding hydrogens is 375 g/mol. The van der Waals surface area contributed by atoms with Gasteiger partial charge in [0.25, 0.3) is 0 Å². The number of rotatable bonds is 6. The first-order valence-electron chi connectivity index (χ1n) is 8.09. The number of ether oxygens (including phenoxy) is 2. The van der Waals surface area contributed by atoms with E-state index >= 15 is 0 Å². The molecule has 3 rings (SSSR count). The smallest absolute Gasteiger partial charge is 0.237 e. The van der Waals surface area contributed by atoms with E-state index in [-0.39, 0.29) is 11.5 Å². The van der Waals surface area contributed by atoms with Crippen LogP contribution in [0.1, 0.15) is 0 Å². The molecule has 2 amide bonds. The minimum Gasteiger partial charge on any atom is -0.486 e. The number of anilines is 2. The molecule has 27 heavy (non-hydrogen) atoms. The number of benzene rings is 2. The van der Waals surface area contributed by atoms with E-state index in [1.54, 1.807) is 18.2 Å². The zero-order valence-corrected chi connectivity index (χ0v) is 15.0. The third kappa shape index (κ3) is 5.52. The molecular formula is C18H17FN2O5S. The minimum absolute atomic E-state index is 0.328. The van der Waals surface area contributed by atoms with Gasteiger partial charge in [0.2, 0.25) is 11.8 Å². The molecule has 1 atom stereocenters. The Bertz CT molecular complexity index is 873. The molecule has 1 heterocycles. The second-order valence-corrected chi connectivity index (χ2v) is 7.15. The van der Waals surface area contributed by atoms with Gasteiger partial charge in [0.05, 0.1) is 0 Å². The first-order chi connectivity index (χ1) is 13.0. The van der Waals surface area contributed by atoms with Crippen LogP contribution in [0.3, 0.4) is 0 Å². The van der Waals surface area contributed by atoms with Gasteiger partial charge in [-0.3, -0.25) is 13.8 Å². The summed E-state index contributed by atoms with van der Waals surface area (Å²) >= 11 is 0. The number of amides is 2. The Morgan fingerprint density at radius 3 is 2.11 bits per heavy atom. The lowest BCUT2D eigenvalue weighted by molar-refractivity contribution is -0.114. The van der Waals surface area contributed by atoms with Crippen molar-refractivity contribution in [2.75, 3.05) is 35.4 Å². The molecule has 0 radical (unpaired) electrons. The molecule has 1 aliphatic rings. The van der Waals surface area contributed by atoms with Gasteiger partial charge in [0.1, 0.15) is 30.5 Å². The lowest BCUT2D eigenvalue weighted by Crippen LogP contribution is -2.26. The molecule has 0 fully saturated rings. The van der Waals surface area contributed by atoms with Crippen molar-refractivity contribution in [1.82, 2.24) is 0 Å².